The van der Waals surface area contributed by atoms with Crippen molar-refractivity contribution in [3.8, 4) is 10.7 Å². The molecule has 0 saturated heterocycles. The average Bonchev–Trinajstić information content (AvgIpc) is 3.41. The SMILES string of the molecule is FC(F)(F)c1nccc(N(Cc2ccc(-c3noc(C(F)(F)F)n3)s2)c2cnccn2)n1. The third-order valence-electron chi connectivity index (χ3n) is 3.86. The van der Waals surface area contributed by atoms with Crippen molar-refractivity contribution < 1.29 is 30.9 Å². The number of aromatic nitrogens is 6. The van der Waals surface area contributed by atoms with Crippen LogP contribution in [0.3, 0.4) is 0 Å². The predicted octanol–water partition coefficient (Wildman–Crippen LogP) is 4.75. The molecular weight excluding hydrogens is 464 g/mol. The van der Waals surface area contributed by atoms with Crippen LogP contribution < -0.4 is 4.90 Å². The maximum atomic E-state index is 13.1. The number of anilines is 2. The number of hydrogen-bond donors (Lipinski definition) is 0. The Morgan fingerprint density at radius 3 is 2.34 bits per heavy atom. The topological polar surface area (TPSA) is 93.7 Å². The van der Waals surface area contributed by atoms with E-state index in [2.05, 4.69) is 34.6 Å². The highest BCUT2D eigenvalue weighted by Gasteiger charge is 2.39. The van der Waals surface area contributed by atoms with E-state index in [0.29, 0.717) is 4.88 Å². The zero-order valence-electron chi connectivity index (χ0n) is 15.5. The van der Waals surface area contributed by atoms with E-state index in [9.17, 15) is 26.3 Å². The highest BCUT2D eigenvalue weighted by Crippen LogP contribution is 2.34. The molecule has 4 rings (SSSR count). The summed E-state index contributed by atoms with van der Waals surface area (Å²) < 4.78 is 81.5. The van der Waals surface area contributed by atoms with Gasteiger partial charge in [0.05, 0.1) is 17.6 Å². The van der Waals surface area contributed by atoms with E-state index in [4.69, 9.17) is 0 Å². The molecule has 0 fully saturated rings. The van der Waals surface area contributed by atoms with Crippen LogP contribution in [0.5, 0.6) is 0 Å². The summed E-state index contributed by atoms with van der Waals surface area (Å²) >= 11 is 1.03. The first-order valence-electron chi connectivity index (χ1n) is 8.55. The molecule has 0 saturated carbocycles. The Hall–Kier alpha value is -3.62. The maximum Gasteiger partial charge on any atom is 0.471 e. The zero-order chi connectivity index (χ0) is 22.9. The van der Waals surface area contributed by atoms with Gasteiger partial charge in [0.1, 0.15) is 5.82 Å². The molecule has 15 heteroatoms. The van der Waals surface area contributed by atoms with Crippen molar-refractivity contribution in [3.05, 3.63) is 59.6 Å². The third-order valence-corrected chi connectivity index (χ3v) is 4.93. The lowest BCUT2D eigenvalue weighted by molar-refractivity contribution is -0.159. The zero-order valence-corrected chi connectivity index (χ0v) is 16.3. The quantitative estimate of drug-likeness (QED) is 0.383. The Bertz CT molecular complexity index is 1210. The Kier molecular flexibility index (Phi) is 5.50. The molecule has 0 spiro atoms. The van der Waals surface area contributed by atoms with Crippen LogP contribution >= 0.6 is 11.3 Å². The molecule has 4 aromatic heterocycles. The molecule has 4 aromatic rings. The molecule has 0 aromatic carbocycles. The van der Waals surface area contributed by atoms with E-state index in [1.54, 1.807) is 6.07 Å². The lowest BCUT2D eigenvalue weighted by Gasteiger charge is -2.22. The van der Waals surface area contributed by atoms with E-state index in [-0.39, 0.29) is 28.9 Å². The van der Waals surface area contributed by atoms with Crippen molar-refractivity contribution >= 4 is 23.0 Å². The van der Waals surface area contributed by atoms with E-state index in [1.165, 1.54) is 35.6 Å². The van der Waals surface area contributed by atoms with Gasteiger partial charge in [0, 0.05) is 23.5 Å². The van der Waals surface area contributed by atoms with Crippen LogP contribution in [0.2, 0.25) is 0 Å². The lowest BCUT2D eigenvalue weighted by atomic mass is 10.3. The molecule has 0 amide bonds. The van der Waals surface area contributed by atoms with Gasteiger partial charge in [-0.05, 0) is 18.2 Å². The van der Waals surface area contributed by atoms with Crippen LogP contribution in [-0.4, -0.2) is 30.1 Å². The normalized spacial score (nSPS) is 12.2. The van der Waals surface area contributed by atoms with Gasteiger partial charge in [0.2, 0.25) is 11.6 Å². The predicted molar refractivity (Wildman–Crippen MR) is 97.5 cm³/mol. The van der Waals surface area contributed by atoms with Crippen LogP contribution in [0, 0.1) is 0 Å². The average molecular weight is 473 g/mol. The summed E-state index contributed by atoms with van der Waals surface area (Å²) in [5.74, 6) is -2.97. The molecule has 166 valence electrons. The second-order valence-corrected chi connectivity index (χ2v) is 7.24. The Balaban J connectivity index is 1.66. The number of hydrogen-bond acceptors (Lipinski definition) is 9. The van der Waals surface area contributed by atoms with E-state index < -0.39 is 24.1 Å². The van der Waals surface area contributed by atoms with Crippen molar-refractivity contribution in [1.82, 2.24) is 30.1 Å². The first-order chi connectivity index (χ1) is 15.1. The minimum atomic E-state index is -4.78. The number of halogens is 6. The first-order valence-corrected chi connectivity index (χ1v) is 9.37. The number of rotatable bonds is 5. The monoisotopic (exact) mass is 473 g/mol. The van der Waals surface area contributed by atoms with Crippen LogP contribution in [0.4, 0.5) is 38.0 Å². The molecule has 32 heavy (non-hydrogen) atoms. The van der Waals surface area contributed by atoms with E-state index in [0.717, 1.165) is 17.5 Å². The molecule has 0 aliphatic rings. The molecule has 0 radical (unpaired) electrons. The molecule has 8 nitrogen and oxygen atoms in total. The number of thiophene rings is 1. The first kappa shape index (κ1) is 21.6. The van der Waals surface area contributed by atoms with E-state index >= 15 is 0 Å². The minimum absolute atomic E-state index is 0.0123. The van der Waals surface area contributed by atoms with Crippen molar-refractivity contribution in [2.45, 2.75) is 18.9 Å². The fourth-order valence-corrected chi connectivity index (χ4v) is 3.45. The van der Waals surface area contributed by atoms with E-state index in [1.807, 2.05) is 0 Å². The Morgan fingerprint density at radius 2 is 1.69 bits per heavy atom. The molecule has 0 aliphatic heterocycles. The molecule has 4 heterocycles. The van der Waals surface area contributed by atoms with Crippen LogP contribution in [0.15, 0.2) is 47.5 Å². The van der Waals surface area contributed by atoms with Gasteiger partial charge in [0.25, 0.3) is 0 Å². The van der Waals surface area contributed by atoms with Gasteiger partial charge in [-0.1, -0.05) is 5.16 Å². The van der Waals surface area contributed by atoms with Gasteiger partial charge < -0.3 is 9.42 Å². The van der Waals surface area contributed by atoms with Crippen molar-refractivity contribution in [2.24, 2.45) is 0 Å². The fourth-order valence-electron chi connectivity index (χ4n) is 2.52. The number of alkyl halides is 6. The van der Waals surface area contributed by atoms with Gasteiger partial charge in [-0.3, -0.25) is 4.98 Å². The largest absolute Gasteiger partial charge is 0.471 e. The Morgan fingerprint density at radius 1 is 0.875 bits per heavy atom. The summed E-state index contributed by atoms with van der Waals surface area (Å²) in [6.07, 6.45) is -4.50. The molecule has 0 unspecified atom stereocenters. The van der Waals surface area contributed by atoms with Gasteiger partial charge in [-0.25, -0.2) is 15.0 Å². The lowest BCUT2D eigenvalue weighted by Crippen LogP contribution is -2.21. The fraction of sp³-hybridized carbons (Fsp3) is 0.176. The highest BCUT2D eigenvalue weighted by molar-refractivity contribution is 7.15. The maximum absolute atomic E-state index is 13.1. The summed E-state index contributed by atoms with van der Waals surface area (Å²) in [6, 6.07) is 4.31. The summed E-state index contributed by atoms with van der Waals surface area (Å²) in [5, 5.41) is 3.32. The summed E-state index contributed by atoms with van der Waals surface area (Å²) in [4.78, 5) is 20.3. The summed E-state index contributed by atoms with van der Waals surface area (Å²) in [7, 11) is 0. The second-order valence-electron chi connectivity index (χ2n) is 6.07. The van der Waals surface area contributed by atoms with Gasteiger partial charge in [-0.2, -0.15) is 31.3 Å². The van der Waals surface area contributed by atoms with Crippen LogP contribution in [0.1, 0.15) is 16.6 Å². The molecule has 0 aliphatic carbocycles. The van der Waals surface area contributed by atoms with Crippen molar-refractivity contribution in [3.63, 3.8) is 0 Å². The van der Waals surface area contributed by atoms with Gasteiger partial charge in [0.15, 0.2) is 5.82 Å². The molecule has 0 bridgehead atoms. The second kappa shape index (κ2) is 8.14. The van der Waals surface area contributed by atoms with Gasteiger partial charge in [-0.15, -0.1) is 11.3 Å². The standard InChI is InChI=1S/C17H9F6N7OS/c18-16(19,20)14-26-4-3-11(27-14)30(12-7-24-5-6-25-12)8-9-1-2-10(32-9)13-28-15(31-29-13)17(21,22)23/h1-7H,8H2. The smallest absolute Gasteiger partial charge is 0.329 e. The van der Waals surface area contributed by atoms with Crippen molar-refractivity contribution in [1.29, 1.82) is 0 Å². The van der Waals surface area contributed by atoms with Crippen molar-refractivity contribution in [2.75, 3.05) is 4.90 Å². The summed E-state index contributed by atoms with van der Waals surface area (Å²) in [6.45, 7) is -0.0123. The highest BCUT2D eigenvalue weighted by atomic mass is 32.1. The van der Waals surface area contributed by atoms with Crippen LogP contribution in [-0.2, 0) is 18.9 Å². The summed E-state index contributed by atoms with van der Waals surface area (Å²) in [5.41, 5.74) is 0. The molecular formula is C17H9F6N7OS. The Labute approximate surface area is 178 Å². The minimum Gasteiger partial charge on any atom is -0.329 e. The number of nitrogens with zero attached hydrogens (tertiary/aromatic N) is 7. The van der Waals surface area contributed by atoms with Crippen LogP contribution in [0.25, 0.3) is 10.7 Å². The third kappa shape index (κ3) is 4.66. The molecule has 0 N–H and O–H groups in total. The molecule has 0 atom stereocenters. The van der Waals surface area contributed by atoms with Gasteiger partial charge >= 0.3 is 18.2 Å².